The van der Waals surface area contributed by atoms with Crippen molar-refractivity contribution in [2.24, 2.45) is 20.5 Å². The summed E-state index contributed by atoms with van der Waals surface area (Å²) >= 11 is 0. The van der Waals surface area contributed by atoms with Crippen LogP contribution in [0.2, 0.25) is 0 Å². The standard InChI is InChI=1S/C28H23N5O16S5.4Na/c29-24-23-16(13-21(51(37,38)39)25(24)32-30-17-6-8-18(9-7-17)50(35,36)12-11-49-54(46,47)48)14-22(52(40,41)42)26(27(23)34)33-31-20-10-5-15-3-1-2-4-19(15)28(20)53(43,44)45;;;;/h1-10,13-14,34H,11-12,29H2,(H,37,38,39)(H,40,41,42)(H,43,44,45)(H,46,47,48);;;;. The Morgan fingerprint density at radius 2 is 1.14 bits per heavy atom. The Morgan fingerprint density at radius 3 is 1.67 bits per heavy atom. The molecule has 0 aliphatic carbocycles. The first-order chi connectivity index (χ1) is 24.9. The predicted molar refractivity (Wildman–Crippen MR) is 211 cm³/mol. The van der Waals surface area contributed by atoms with E-state index < -0.39 is 117 Å². The van der Waals surface area contributed by atoms with E-state index in [0.717, 1.165) is 30.3 Å². The quantitative estimate of drug-likeness (QED) is 0.0453. The van der Waals surface area contributed by atoms with Crippen molar-refractivity contribution in [1.82, 2.24) is 0 Å². The van der Waals surface area contributed by atoms with E-state index in [4.69, 9.17) is 10.3 Å². The number of hydrogen-bond donors (Lipinski definition) is 6. The second kappa shape index (κ2) is 20.9. The summed E-state index contributed by atoms with van der Waals surface area (Å²) in [6.45, 7) is -0.904. The zero-order valence-corrected chi connectivity index (χ0v) is 42.6. The Kier molecular flexibility index (Phi) is 19.8. The Labute approximate surface area is 419 Å². The molecule has 0 amide bonds. The summed E-state index contributed by atoms with van der Waals surface area (Å²) in [5, 5.41) is 25.4. The van der Waals surface area contributed by atoms with Crippen LogP contribution in [0, 0.1) is 0 Å². The topological polar surface area (TPSA) is 357 Å². The van der Waals surface area contributed by atoms with Gasteiger partial charge in [-0.3, -0.25) is 18.2 Å². The molecule has 21 nitrogen and oxygen atoms in total. The van der Waals surface area contributed by atoms with Crippen LogP contribution in [0.1, 0.15) is 0 Å². The molecule has 0 spiro atoms. The number of azo groups is 2. The number of phenolic OH excluding ortho intramolecular Hbond substituents is 1. The molecule has 0 unspecified atom stereocenters. The van der Waals surface area contributed by atoms with Crippen molar-refractivity contribution < 1.29 is 69.6 Å². The van der Waals surface area contributed by atoms with Crippen molar-refractivity contribution >= 4 is 219 Å². The van der Waals surface area contributed by atoms with E-state index in [2.05, 4.69) is 24.6 Å². The molecule has 58 heavy (non-hydrogen) atoms. The second-order valence-corrected chi connectivity index (χ2v) is 18.2. The Balaban J connectivity index is 0.00000420. The average molecular weight is 938 g/mol. The molecule has 0 aromatic heterocycles. The number of fused-ring (bicyclic) bond motifs is 2. The molecule has 0 aliphatic heterocycles. The van der Waals surface area contributed by atoms with Crippen LogP contribution in [0.15, 0.2) is 113 Å². The van der Waals surface area contributed by atoms with E-state index in [9.17, 15) is 60.9 Å². The smallest absolute Gasteiger partial charge is 0.397 e. The van der Waals surface area contributed by atoms with Gasteiger partial charge >= 0.3 is 10.4 Å². The van der Waals surface area contributed by atoms with Gasteiger partial charge in [-0.05, 0) is 53.2 Å². The molecule has 290 valence electrons. The molecular weight excluding hydrogens is 915 g/mol. The maximum absolute atomic E-state index is 12.5. The fraction of sp³-hybridized carbons (Fsp3) is 0.0714. The van der Waals surface area contributed by atoms with Crippen LogP contribution < -0.4 is 5.73 Å². The first kappa shape index (κ1) is 55.0. The van der Waals surface area contributed by atoms with Crippen molar-refractivity contribution in [3.63, 3.8) is 0 Å². The number of anilines is 1. The van der Waals surface area contributed by atoms with Crippen molar-refractivity contribution in [3.05, 3.63) is 72.8 Å². The maximum atomic E-state index is 12.5. The molecule has 0 aliphatic rings. The van der Waals surface area contributed by atoms with Gasteiger partial charge in [0.25, 0.3) is 30.4 Å². The van der Waals surface area contributed by atoms with E-state index in [1.54, 1.807) is 6.07 Å². The van der Waals surface area contributed by atoms with Crippen molar-refractivity contribution in [2.45, 2.75) is 19.6 Å². The Bertz CT molecular complexity index is 3010. The third kappa shape index (κ3) is 13.0. The van der Waals surface area contributed by atoms with E-state index in [1.807, 2.05) is 0 Å². The van der Waals surface area contributed by atoms with Crippen LogP contribution in [-0.4, -0.2) is 196 Å². The van der Waals surface area contributed by atoms with Gasteiger partial charge in [0, 0.05) is 124 Å². The molecule has 4 radical (unpaired) electrons. The summed E-state index contributed by atoms with van der Waals surface area (Å²) in [5.74, 6) is -2.02. The summed E-state index contributed by atoms with van der Waals surface area (Å²) in [6.07, 6.45) is 0. The molecule has 0 saturated carbocycles. The zero-order valence-electron chi connectivity index (χ0n) is 30.5. The fourth-order valence-electron chi connectivity index (χ4n) is 4.98. The summed E-state index contributed by atoms with van der Waals surface area (Å²) in [5.41, 5.74) is 2.88. The average Bonchev–Trinajstić information content (AvgIpc) is 3.04. The molecule has 5 aromatic carbocycles. The number of nitrogens with two attached hydrogens (primary N) is 1. The third-order valence-electron chi connectivity index (χ3n) is 7.29. The SMILES string of the molecule is Nc1c(N=Nc2ccc(S(=O)(=O)CCOS(=O)(=O)O)cc2)c(S(=O)(=O)O)cc2cc(S(=O)(=O)O)c(N=Nc3ccc4ccccc4c3S(=O)(=O)O)c(O)c12.[Na].[Na].[Na].[Na]. The fourth-order valence-corrected chi connectivity index (χ4v) is 8.64. The number of phenols is 1. The van der Waals surface area contributed by atoms with E-state index >= 15 is 0 Å². The van der Waals surface area contributed by atoms with Crippen LogP contribution in [0.25, 0.3) is 21.5 Å². The van der Waals surface area contributed by atoms with Crippen LogP contribution in [0.3, 0.4) is 0 Å². The first-order valence-corrected chi connectivity index (χ1v) is 21.6. The zero-order chi connectivity index (χ0) is 40.0. The number of hydrogen-bond acceptors (Lipinski definition) is 17. The van der Waals surface area contributed by atoms with E-state index in [-0.39, 0.29) is 134 Å². The Morgan fingerprint density at radius 1 is 0.603 bits per heavy atom. The van der Waals surface area contributed by atoms with Crippen LogP contribution in [0.4, 0.5) is 28.4 Å². The van der Waals surface area contributed by atoms with E-state index in [0.29, 0.717) is 17.5 Å². The molecule has 0 bridgehead atoms. The summed E-state index contributed by atoms with van der Waals surface area (Å²) in [6, 6.07) is 13.8. The predicted octanol–water partition coefficient (Wildman–Crippen LogP) is 2.92. The van der Waals surface area contributed by atoms with Crippen LogP contribution in [-0.2, 0) is 54.8 Å². The maximum Gasteiger partial charge on any atom is 0.397 e. The van der Waals surface area contributed by atoms with Gasteiger partial charge in [-0.2, -0.15) is 38.8 Å². The molecule has 0 heterocycles. The number of sulfone groups is 1. The van der Waals surface area contributed by atoms with Crippen molar-refractivity contribution in [2.75, 3.05) is 18.1 Å². The van der Waals surface area contributed by atoms with Crippen molar-refractivity contribution in [3.8, 4) is 5.75 Å². The minimum atomic E-state index is -5.33. The number of benzene rings is 5. The summed E-state index contributed by atoms with van der Waals surface area (Å²) in [7, 11) is -24.6. The first-order valence-electron chi connectivity index (χ1n) is 14.2. The molecule has 5 rings (SSSR count). The van der Waals surface area contributed by atoms with Gasteiger partial charge in [0.2, 0.25) is 0 Å². The summed E-state index contributed by atoms with van der Waals surface area (Å²) < 4.78 is 163. The van der Waals surface area contributed by atoms with Crippen LogP contribution in [0.5, 0.6) is 5.75 Å². The molecule has 0 saturated heterocycles. The molecule has 0 atom stereocenters. The van der Waals surface area contributed by atoms with Gasteiger partial charge in [-0.15, -0.1) is 15.3 Å². The third-order valence-corrected chi connectivity index (χ3v) is 12.1. The molecule has 0 fully saturated rings. The van der Waals surface area contributed by atoms with Gasteiger partial charge in [0.1, 0.15) is 31.7 Å². The number of nitrogen functional groups attached to an aromatic ring is 1. The second-order valence-electron chi connectivity index (χ2n) is 10.8. The summed E-state index contributed by atoms with van der Waals surface area (Å²) in [4.78, 5) is -3.34. The van der Waals surface area contributed by atoms with Gasteiger partial charge in [0.15, 0.2) is 15.6 Å². The number of rotatable bonds is 12. The molecule has 5 aromatic rings. The van der Waals surface area contributed by atoms with Gasteiger partial charge in [-0.25, -0.2) is 12.6 Å². The molecular formula is C28H23N5Na4O16S5. The van der Waals surface area contributed by atoms with Crippen LogP contribution >= 0.6 is 0 Å². The minimum absolute atomic E-state index is 0. The largest absolute Gasteiger partial charge is 0.505 e. The van der Waals surface area contributed by atoms with Gasteiger partial charge < -0.3 is 10.8 Å². The van der Waals surface area contributed by atoms with Gasteiger partial charge in [0.05, 0.1) is 34.0 Å². The minimum Gasteiger partial charge on any atom is -0.505 e. The number of nitrogens with zero attached hydrogens (tertiary/aromatic N) is 4. The Hall–Kier alpha value is -1.03. The molecule has 7 N–H and O–H groups in total. The van der Waals surface area contributed by atoms with Crippen molar-refractivity contribution in [1.29, 1.82) is 0 Å². The van der Waals surface area contributed by atoms with E-state index in [1.165, 1.54) is 24.3 Å². The molecule has 30 heteroatoms. The number of aromatic hydroxyl groups is 1. The normalized spacial score (nSPS) is 12.5. The van der Waals surface area contributed by atoms with Gasteiger partial charge in [-0.1, -0.05) is 30.3 Å². The monoisotopic (exact) mass is 937 g/mol.